The second kappa shape index (κ2) is 11.6. The normalized spacial score (nSPS) is 10.8. The molecule has 0 spiro atoms. The molecule has 2 aromatic carbocycles. The number of benzene rings is 2. The van der Waals surface area contributed by atoms with Crippen molar-refractivity contribution < 1.29 is 9.53 Å². The van der Waals surface area contributed by atoms with Gasteiger partial charge in [-0.3, -0.25) is 4.79 Å². The van der Waals surface area contributed by atoms with Gasteiger partial charge in [-0.05, 0) is 37.7 Å². The summed E-state index contributed by atoms with van der Waals surface area (Å²) < 4.78 is 5.75. The van der Waals surface area contributed by atoms with Gasteiger partial charge in [0.05, 0.1) is 36.3 Å². The lowest BCUT2D eigenvalue weighted by Crippen LogP contribution is -2.29. The zero-order valence-corrected chi connectivity index (χ0v) is 22.1. The van der Waals surface area contributed by atoms with Crippen molar-refractivity contribution in [2.24, 2.45) is 0 Å². The number of para-hydroxylation sites is 1. The van der Waals surface area contributed by atoms with Gasteiger partial charge < -0.3 is 24.8 Å². The number of carbonyl (C=O) groups is 1. The third-order valence-corrected chi connectivity index (χ3v) is 6.28. The molecule has 0 atom stereocenters. The number of carbonyl (C=O) groups excluding carboxylic acids is 1. The summed E-state index contributed by atoms with van der Waals surface area (Å²) in [5.74, 6) is 0.988. The van der Waals surface area contributed by atoms with Crippen LogP contribution in [0.1, 0.15) is 11.4 Å². The van der Waals surface area contributed by atoms with Gasteiger partial charge in [-0.25, -0.2) is 14.8 Å². The molecule has 0 bridgehead atoms. The first kappa shape index (κ1) is 26.4. The fourth-order valence-electron chi connectivity index (χ4n) is 4.26. The zero-order valence-electron chi connectivity index (χ0n) is 22.1. The maximum atomic E-state index is 12.2. The summed E-state index contributed by atoms with van der Waals surface area (Å²) >= 11 is 0. The molecule has 4 rings (SSSR count). The van der Waals surface area contributed by atoms with Crippen LogP contribution in [0.3, 0.4) is 0 Å². The molecule has 0 aliphatic heterocycles. The van der Waals surface area contributed by atoms with E-state index in [-0.39, 0.29) is 5.91 Å². The van der Waals surface area contributed by atoms with Gasteiger partial charge in [0, 0.05) is 56.1 Å². The number of methoxy groups -OCH3 is 1. The van der Waals surface area contributed by atoms with Gasteiger partial charge in [-0.2, -0.15) is 0 Å². The SMILES string of the molecule is [C-]#[N+]c1cccc2c(-c3ccnc(Cc4cc(NC(=O)C=C)c(N(C)CCN(C)C)cc4OC)n3)c[nH]c12. The van der Waals surface area contributed by atoms with Crippen molar-refractivity contribution in [3.05, 3.63) is 84.3 Å². The van der Waals surface area contributed by atoms with E-state index in [9.17, 15) is 4.79 Å². The number of hydrogen-bond donors (Lipinski definition) is 2. The van der Waals surface area contributed by atoms with E-state index in [1.54, 1.807) is 19.4 Å². The highest BCUT2D eigenvalue weighted by Gasteiger charge is 2.17. The van der Waals surface area contributed by atoms with Gasteiger partial charge in [0.15, 0.2) is 0 Å². The van der Waals surface area contributed by atoms with Crippen LogP contribution in [0.4, 0.5) is 17.1 Å². The molecule has 0 radical (unpaired) electrons. The molecule has 0 unspecified atom stereocenters. The highest BCUT2D eigenvalue weighted by Crippen LogP contribution is 2.36. The van der Waals surface area contributed by atoms with E-state index < -0.39 is 0 Å². The van der Waals surface area contributed by atoms with Crippen LogP contribution in [-0.2, 0) is 11.2 Å². The number of nitrogens with one attached hydrogen (secondary N) is 2. The van der Waals surface area contributed by atoms with Crippen LogP contribution in [0.2, 0.25) is 0 Å². The lowest BCUT2D eigenvalue weighted by molar-refractivity contribution is -0.111. The standard InChI is InChI=1S/C29H31N7O2/c1-7-28(37)34-24-15-19(26(38-6)17-25(24)36(5)14-13-35(3)4)16-27-31-12-11-22(33-27)21-18-32-29-20(21)9-8-10-23(29)30-2/h7-12,15,17-18,32H,1,13-14,16H2,3-6H3,(H,34,37). The first-order chi connectivity index (χ1) is 18.3. The van der Waals surface area contributed by atoms with E-state index in [4.69, 9.17) is 16.3 Å². The minimum atomic E-state index is -0.292. The summed E-state index contributed by atoms with van der Waals surface area (Å²) in [5, 5.41) is 3.86. The molecular formula is C29H31N7O2. The van der Waals surface area contributed by atoms with Crippen molar-refractivity contribution in [3.8, 4) is 17.0 Å². The van der Waals surface area contributed by atoms with Crippen LogP contribution in [0.15, 0.2) is 61.4 Å². The number of fused-ring (bicyclic) bond motifs is 1. The second-order valence-corrected chi connectivity index (χ2v) is 9.15. The van der Waals surface area contributed by atoms with Gasteiger partial charge in [-0.1, -0.05) is 24.8 Å². The molecule has 0 fully saturated rings. The van der Waals surface area contributed by atoms with E-state index in [1.165, 1.54) is 6.08 Å². The van der Waals surface area contributed by atoms with Gasteiger partial charge in [0.25, 0.3) is 0 Å². The average Bonchev–Trinajstić information content (AvgIpc) is 3.36. The predicted octanol–water partition coefficient (Wildman–Crippen LogP) is 4.90. The maximum absolute atomic E-state index is 12.2. The number of hydrogen-bond acceptors (Lipinski definition) is 6. The molecule has 2 N–H and O–H groups in total. The molecule has 0 saturated carbocycles. The molecular weight excluding hydrogens is 478 g/mol. The minimum absolute atomic E-state index is 0.292. The van der Waals surface area contributed by atoms with Crippen LogP contribution in [0.25, 0.3) is 27.0 Å². The monoisotopic (exact) mass is 509 g/mol. The lowest BCUT2D eigenvalue weighted by atomic mass is 10.1. The van der Waals surface area contributed by atoms with Crippen LogP contribution >= 0.6 is 0 Å². The molecule has 9 heteroatoms. The highest BCUT2D eigenvalue weighted by atomic mass is 16.5. The number of aromatic amines is 1. The van der Waals surface area contributed by atoms with E-state index in [2.05, 4.69) is 36.5 Å². The maximum Gasteiger partial charge on any atom is 0.247 e. The smallest absolute Gasteiger partial charge is 0.247 e. The largest absolute Gasteiger partial charge is 0.496 e. The quantitative estimate of drug-likeness (QED) is 0.234. The molecule has 0 saturated heterocycles. The Morgan fingerprint density at radius 3 is 2.76 bits per heavy atom. The van der Waals surface area contributed by atoms with E-state index in [0.29, 0.717) is 29.4 Å². The fraction of sp³-hybridized carbons (Fsp3) is 0.241. The van der Waals surface area contributed by atoms with Crippen molar-refractivity contribution in [2.45, 2.75) is 6.42 Å². The van der Waals surface area contributed by atoms with Crippen molar-refractivity contribution in [1.82, 2.24) is 19.9 Å². The van der Waals surface area contributed by atoms with Crippen LogP contribution in [0, 0.1) is 6.57 Å². The number of aromatic nitrogens is 3. The molecule has 9 nitrogen and oxygen atoms in total. The highest BCUT2D eigenvalue weighted by molar-refractivity contribution is 6.02. The van der Waals surface area contributed by atoms with E-state index in [1.807, 2.05) is 57.7 Å². The molecule has 194 valence electrons. The third-order valence-electron chi connectivity index (χ3n) is 6.28. The van der Waals surface area contributed by atoms with Crippen molar-refractivity contribution >= 4 is 33.9 Å². The van der Waals surface area contributed by atoms with E-state index >= 15 is 0 Å². The Morgan fingerprint density at radius 1 is 1.24 bits per heavy atom. The number of nitrogens with zero attached hydrogens (tertiary/aromatic N) is 5. The van der Waals surface area contributed by atoms with Crippen LogP contribution < -0.4 is 15.0 Å². The van der Waals surface area contributed by atoms with E-state index in [0.717, 1.165) is 46.5 Å². The Labute approximate surface area is 222 Å². The summed E-state index contributed by atoms with van der Waals surface area (Å²) in [6.45, 7) is 12.6. The zero-order chi connectivity index (χ0) is 27.2. The van der Waals surface area contributed by atoms with Crippen molar-refractivity contribution in [2.75, 3.05) is 51.6 Å². The molecule has 0 aliphatic carbocycles. The van der Waals surface area contributed by atoms with Crippen LogP contribution in [-0.4, -0.2) is 67.1 Å². The Hall–Kier alpha value is -4.68. The van der Waals surface area contributed by atoms with Gasteiger partial charge in [0.1, 0.15) is 11.6 Å². The molecule has 1 amide bonds. The van der Waals surface area contributed by atoms with Gasteiger partial charge >= 0.3 is 0 Å². The Balaban J connectivity index is 1.71. The van der Waals surface area contributed by atoms with Gasteiger partial charge in [0.2, 0.25) is 11.6 Å². The number of likely N-dealkylation sites (N-methyl/N-ethyl adjacent to an activating group) is 2. The second-order valence-electron chi connectivity index (χ2n) is 9.15. The first-order valence-corrected chi connectivity index (χ1v) is 12.1. The average molecular weight is 510 g/mol. The predicted molar refractivity (Wildman–Crippen MR) is 152 cm³/mol. The molecule has 2 aromatic heterocycles. The summed E-state index contributed by atoms with van der Waals surface area (Å²) in [7, 11) is 7.65. The van der Waals surface area contributed by atoms with Crippen LogP contribution in [0.5, 0.6) is 5.75 Å². The Morgan fingerprint density at radius 2 is 2.05 bits per heavy atom. The number of anilines is 2. The summed E-state index contributed by atoms with van der Waals surface area (Å²) in [6.07, 6.45) is 5.24. The summed E-state index contributed by atoms with van der Waals surface area (Å²) in [6, 6.07) is 11.3. The Bertz CT molecular complexity index is 1520. The fourth-order valence-corrected chi connectivity index (χ4v) is 4.26. The number of H-pyrrole nitrogens is 1. The molecule has 2 heterocycles. The molecule has 38 heavy (non-hydrogen) atoms. The summed E-state index contributed by atoms with van der Waals surface area (Å²) in [4.78, 5) is 32.6. The lowest BCUT2D eigenvalue weighted by Gasteiger charge is -2.25. The summed E-state index contributed by atoms with van der Waals surface area (Å²) in [5.41, 5.74) is 5.34. The topological polar surface area (TPSA) is 90.7 Å². The molecule has 4 aromatic rings. The third kappa shape index (κ3) is 5.66. The molecule has 0 aliphatic rings. The van der Waals surface area contributed by atoms with Crippen molar-refractivity contribution in [1.29, 1.82) is 0 Å². The number of amides is 1. The minimum Gasteiger partial charge on any atom is -0.496 e. The number of rotatable bonds is 10. The van der Waals surface area contributed by atoms with Gasteiger partial charge in [-0.15, -0.1) is 0 Å². The first-order valence-electron chi connectivity index (χ1n) is 12.1. The Kier molecular flexibility index (Phi) is 8.04. The van der Waals surface area contributed by atoms with Crippen molar-refractivity contribution in [3.63, 3.8) is 0 Å². The number of ether oxygens (including phenoxy) is 1.